The van der Waals surface area contributed by atoms with Gasteiger partial charge < -0.3 is 19.7 Å². The predicted octanol–water partition coefficient (Wildman–Crippen LogP) is 3.23. The summed E-state index contributed by atoms with van der Waals surface area (Å²) in [5, 5.41) is 6.67. The number of halogens is 4. The normalized spacial score (nSPS) is 12.1. The van der Waals surface area contributed by atoms with Crippen LogP contribution < -0.4 is 14.8 Å². The van der Waals surface area contributed by atoms with Crippen molar-refractivity contribution in [1.29, 1.82) is 0 Å². The lowest BCUT2D eigenvalue weighted by Gasteiger charge is -2.21. The van der Waals surface area contributed by atoms with Crippen molar-refractivity contribution in [3.05, 3.63) is 54.0 Å². The van der Waals surface area contributed by atoms with Crippen molar-refractivity contribution in [3.8, 4) is 17.3 Å². The Balaban J connectivity index is 1.85. The number of aromatic nitrogens is 5. The van der Waals surface area contributed by atoms with Crippen molar-refractivity contribution in [2.75, 3.05) is 7.05 Å². The third kappa shape index (κ3) is 6.89. The van der Waals surface area contributed by atoms with Crippen LogP contribution in [0.3, 0.4) is 0 Å². The number of amides is 2. The van der Waals surface area contributed by atoms with E-state index in [9.17, 15) is 27.2 Å². The fraction of sp³-hybridized carbons (Fsp3) is 0.364. The zero-order chi connectivity index (χ0) is 27.3. The van der Waals surface area contributed by atoms with Gasteiger partial charge in [-0.2, -0.15) is 27.3 Å². The molecule has 0 aliphatic heterocycles. The van der Waals surface area contributed by atoms with Crippen molar-refractivity contribution < 1.29 is 36.6 Å². The van der Waals surface area contributed by atoms with Gasteiger partial charge in [-0.25, -0.2) is 15.0 Å². The second kappa shape index (κ2) is 11.6. The number of nitrogens with zero attached hydrogens (tertiary/aromatic N) is 6. The Morgan fingerprint density at radius 1 is 0.919 bits per heavy atom. The zero-order valence-corrected chi connectivity index (χ0v) is 20.1. The van der Waals surface area contributed by atoms with Crippen molar-refractivity contribution in [2.45, 2.75) is 46.1 Å². The molecule has 1 aromatic carbocycles. The molecular formula is C22H23F4N7O4. The number of carbonyl (C=O) groups is 2. The van der Waals surface area contributed by atoms with Crippen LogP contribution in [-0.2, 0) is 0 Å². The maximum Gasteiger partial charge on any atom is 0.387 e. The molecule has 0 saturated carbocycles. The summed E-state index contributed by atoms with van der Waals surface area (Å²) in [5.74, 6) is -1.85. The highest BCUT2D eigenvalue weighted by atomic mass is 19.3. The molecule has 0 radical (unpaired) electrons. The maximum atomic E-state index is 12.8. The van der Waals surface area contributed by atoms with Gasteiger partial charge in [0, 0.05) is 30.8 Å². The summed E-state index contributed by atoms with van der Waals surface area (Å²) >= 11 is 0. The van der Waals surface area contributed by atoms with Crippen molar-refractivity contribution in [2.24, 2.45) is 0 Å². The first kappa shape index (κ1) is 27.3. The molecule has 37 heavy (non-hydrogen) atoms. The molecule has 0 bridgehead atoms. The van der Waals surface area contributed by atoms with Crippen LogP contribution in [0.15, 0.2) is 36.9 Å². The Labute approximate surface area is 208 Å². The highest BCUT2D eigenvalue weighted by Crippen LogP contribution is 2.26. The summed E-state index contributed by atoms with van der Waals surface area (Å²) in [6.07, 6.45) is 2.39. The topological polar surface area (TPSA) is 124 Å². The number of alkyl halides is 4. The summed E-state index contributed by atoms with van der Waals surface area (Å²) in [6, 6.07) is 3.21. The van der Waals surface area contributed by atoms with E-state index in [2.05, 4.69) is 34.8 Å². The van der Waals surface area contributed by atoms with E-state index < -0.39 is 36.7 Å². The minimum absolute atomic E-state index is 0.0701. The molecule has 1 N–H and O–H groups in total. The van der Waals surface area contributed by atoms with Crippen LogP contribution in [-0.4, -0.2) is 67.8 Å². The highest BCUT2D eigenvalue weighted by molar-refractivity contribution is 5.95. The first-order valence-corrected chi connectivity index (χ1v) is 10.8. The van der Waals surface area contributed by atoms with Crippen LogP contribution in [0.1, 0.15) is 53.5 Å². The smallest absolute Gasteiger partial charge is 0.387 e. The van der Waals surface area contributed by atoms with Gasteiger partial charge in [0.2, 0.25) is 0 Å². The van der Waals surface area contributed by atoms with Gasteiger partial charge in [-0.1, -0.05) is 0 Å². The van der Waals surface area contributed by atoms with E-state index in [0.29, 0.717) is 0 Å². The van der Waals surface area contributed by atoms with E-state index in [-0.39, 0.29) is 34.8 Å². The number of carbonyl (C=O) groups excluding carboxylic acids is 2. The third-order valence-electron chi connectivity index (χ3n) is 5.09. The number of rotatable bonds is 10. The van der Waals surface area contributed by atoms with E-state index in [4.69, 9.17) is 0 Å². The lowest BCUT2D eigenvalue weighted by molar-refractivity contribution is -0.0543. The molecule has 3 rings (SSSR count). The van der Waals surface area contributed by atoms with E-state index in [1.54, 1.807) is 14.0 Å². The standard InChI is InChI=1S/C22H23F4N7O4/c1-11(2)32(4)20(35)16-8-17(28-9-27-16)33-18(29-10-30-33)12(3)31-19(34)13-5-14(36-21(23)24)7-15(6-13)37-22(25)26/h5-12,21-22H,1-4H3,(H,31,34)/t12-/m0/s1. The van der Waals surface area contributed by atoms with E-state index >= 15 is 0 Å². The van der Waals surface area contributed by atoms with Crippen LogP contribution in [0.25, 0.3) is 5.82 Å². The first-order valence-electron chi connectivity index (χ1n) is 10.8. The van der Waals surface area contributed by atoms with Gasteiger partial charge in [0.15, 0.2) is 11.6 Å². The van der Waals surface area contributed by atoms with Crippen LogP contribution in [0, 0.1) is 0 Å². The average Bonchev–Trinajstić information content (AvgIpc) is 3.32. The molecule has 198 valence electrons. The molecule has 15 heteroatoms. The number of hydrogen-bond acceptors (Lipinski definition) is 8. The van der Waals surface area contributed by atoms with E-state index in [1.807, 2.05) is 13.8 Å². The molecule has 3 aromatic rings. The lowest BCUT2D eigenvalue weighted by atomic mass is 10.1. The second-order valence-corrected chi connectivity index (χ2v) is 7.95. The molecular weight excluding hydrogens is 502 g/mol. The molecule has 0 aliphatic carbocycles. The summed E-state index contributed by atoms with van der Waals surface area (Å²) in [4.78, 5) is 39.2. The Hall–Kier alpha value is -4.30. The summed E-state index contributed by atoms with van der Waals surface area (Å²) in [5.41, 5.74) is -0.167. The molecule has 2 amide bonds. The van der Waals surface area contributed by atoms with E-state index in [1.165, 1.54) is 28.3 Å². The van der Waals surface area contributed by atoms with Gasteiger partial charge in [-0.15, -0.1) is 0 Å². The number of benzene rings is 1. The SMILES string of the molecule is CC(C)N(C)C(=O)c1cc(-n2ncnc2[C@H](C)NC(=O)c2cc(OC(F)F)cc(OC(F)F)c2)ncn1. The average molecular weight is 525 g/mol. The quantitative estimate of drug-likeness (QED) is 0.400. The minimum Gasteiger partial charge on any atom is -0.435 e. The lowest BCUT2D eigenvalue weighted by Crippen LogP contribution is -2.33. The summed E-state index contributed by atoms with van der Waals surface area (Å²) < 4.78 is 60.3. The Morgan fingerprint density at radius 2 is 1.54 bits per heavy atom. The highest BCUT2D eigenvalue weighted by Gasteiger charge is 2.22. The largest absolute Gasteiger partial charge is 0.435 e. The summed E-state index contributed by atoms with van der Waals surface area (Å²) in [6.45, 7) is -1.26. The monoisotopic (exact) mass is 525 g/mol. The minimum atomic E-state index is -3.25. The number of ether oxygens (including phenoxy) is 2. The second-order valence-electron chi connectivity index (χ2n) is 7.95. The van der Waals surface area contributed by atoms with Gasteiger partial charge in [-0.05, 0) is 32.9 Å². The van der Waals surface area contributed by atoms with Gasteiger partial charge in [0.25, 0.3) is 11.8 Å². The zero-order valence-electron chi connectivity index (χ0n) is 20.1. The molecule has 11 nitrogen and oxygen atoms in total. The van der Waals surface area contributed by atoms with Gasteiger partial charge in [0.1, 0.15) is 29.8 Å². The predicted molar refractivity (Wildman–Crippen MR) is 120 cm³/mol. The van der Waals surface area contributed by atoms with Crippen molar-refractivity contribution in [3.63, 3.8) is 0 Å². The van der Waals surface area contributed by atoms with Crippen molar-refractivity contribution in [1.82, 2.24) is 34.9 Å². The number of hydrogen-bond donors (Lipinski definition) is 1. The molecule has 1 atom stereocenters. The summed E-state index contributed by atoms with van der Waals surface area (Å²) in [7, 11) is 1.63. The van der Waals surface area contributed by atoms with Gasteiger partial charge in [0.05, 0.1) is 6.04 Å². The Kier molecular flexibility index (Phi) is 8.57. The molecule has 2 heterocycles. The molecule has 0 fully saturated rings. The van der Waals surface area contributed by atoms with Crippen LogP contribution in [0.5, 0.6) is 11.5 Å². The Morgan fingerprint density at radius 3 is 2.11 bits per heavy atom. The molecule has 0 spiro atoms. The fourth-order valence-corrected chi connectivity index (χ4v) is 3.11. The third-order valence-corrected chi connectivity index (χ3v) is 5.09. The van der Waals surface area contributed by atoms with Gasteiger partial charge >= 0.3 is 13.2 Å². The maximum absolute atomic E-state index is 12.8. The first-order chi connectivity index (χ1) is 17.5. The Bertz CT molecular complexity index is 1230. The number of nitrogens with one attached hydrogen (secondary N) is 1. The van der Waals surface area contributed by atoms with Crippen LogP contribution in [0.4, 0.5) is 17.6 Å². The van der Waals surface area contributed by atoms with Crippen molar-refractivity contribution >= 4 is 11.8 Å². The molecule has 0 aliphatic rings. The van der Waals surface area contributed by atoms with Crippen LogP contribution >= 0.6 is 0 Å². The molecule has 0 saturated heterocycles. The molecule has 0 unspecified atom stereocenters. The van der Waals surface area contributed by atoms with E-state index in [0.717, 1.165) is 18.2 Å². The van der Waals surface area contributed by atoms with Gasteiger partial charge in [-0.3, -0.25) is 9.59 Å². The van der Waals surface area contributed by atoms with Crippen LogP contribution in [0.2, 0.25) is 0 Å². The fourth-order valence-electron chi connectivity index (χ4n) is 3.11. The molecule has 2 aromatic heterocycles.